The van der Waals surface area contributed by atoms with Crippen LogP contribution >= 0.6 is 0 Å². The number of hydrogen-bond acceptors (Lipinski definition) is 4. The van der Waals surface area contributed by atoms with Crippen LogP contribution in [0.15, 0.2) is 36.5 Å². The van der Waals surface area contributed by atoms with Crippen molar-refractivity contribution in [1.82, 2.24) is 9.38 Å². The lowest BCUT2D eigenvalue weighted by atomic mass is 10.2. The fourth-order valence-electron chi connectivity index (χ4n) is 2.77. The number of aromatic nitrogens is 2. The maximum Gasteiger partial charge on any atom is 0.274 e. The summed E-state index contributed by atoms with van der Waals surface area (Å²) in [6, 6.07) is 9.16. The average Bonchev–Trinajstić information content (AvgIpc) is 2.99. The molecule has 25 heavy (non-hydrogen) atoms. The molecular weight excluding hydrogens is 318 g/mol. The number of imidazole rings is 1. The van der Waals surface area contributed by atoms with E-state index < -0.39 is 0 Å². The maximum atomic E-state index is 12.9. The zero-order valence-electron chi connectivity index (χ0n) is 14.8. The summed E-state index contributed by atoms with van der Waals surface area (Å²) < 4.78 is 12.4. The lowest BCUT2D eigenvalue weighted by Crippen LogP contribution is -2.17. The number of pyridine rings is 1. The summed E-state index contributed by atoms with van der Waals surface area (Å²) in [7, 11) is 3.14. The first-order valence-electron chi connectivity index (χ1n) is 8.08. The Kier molecular flexibility index (Phi) is 4.61. The van der Waals surface area contributed by atoms with Crippen molar-refractivity contribution in [2.75, 3.05) is 19.5 Å². The molecular formula is C19H21N3O3. The minimum atomic E-state index is -0.224. The number of amides is 1. The summed E-state index contributed by atoms with van der Waals surface area (Å²) in [5, 5.41) is 2.92. The van der Waals surface area contributed by atoms with Gasteiger partial charge in [0.25, 0.3) is 5.91 Å². The number of hydrogen-bond donors (Lipinski definition) is 1. The van der Waals surface area contributed by atoms with E-state index >= 15 is 0 Å². The van der Waals surface area contributed by atoms with E-state index in [0.717, 1.165) is 16.9 Å². The summed E-state index contributed by atoms with van der Waals surface area (Å²) in [5.74, 6) is 0.976. The van der Waals surface area contributed by atoms with E-state index in [1.807, 2.05) is 36.6 Å². The molecule has 1 amide bonds. The zero-order valence-corrected chi connectivity index (χ0v) is 14.8. The number of methoxy groups -OCH3 is 2. The van der Waals surface area contributed by atoms with Crippen LogP contribution in [0.1, 0.15) is 28.7 Å². The highest BCUT2D eigenvalue weighted by Gasteiger charge is 2.19. The van der Waals surface area contributed by atoms with Crippen molar-refractivity contribution >= 4 is 17.2 Å². The van der Waals surface area contributed by atoms with E-state index in [9.17, 15) is 4.79 Å². The highest BCUT2D eigenvalue weighted by Crippen LogP contribution is 2.29. The van der Waals surface area contributed by atoms with Crippen LogP contribution in [0.3, 0.4) is 0 Å². The van der Waals surface area contributed by atoms with Gasteiger partial charge in [-0.05, 0) is 37.1 Å². The van der Waals surface area contributed by atoms with Gasteiger partial charge in [0, 0.05) is 12.3 Å². The standard InChI is InChI=1S/C19H21N3O3/c1-5-14-18(22-11-12(2)6-9-17(22)20-14)19(23)21-15-8-7-13(24-3)10-16(15)25-4/h6-11H,5H2,1-4H3,(H,21,23). The molecule has 2 heterocycles. The minimum Gasteiger partial charge on any atom is -0.497 e. The Balaban J connectivity index is 2.02. The molecule has 0 saturated heterocycles. The van der Waals surface area contributed by atoms with Crippen molar-refractivity contribution in [3.05, 3.63) is 53.5 Å². The fraction of sp³-hybridized carbons (Fsp3) is 0.263. The topological polar surface area (TPSA) is 64.9 Å². The summed E-state index contributed by atoms with van der Waals surface area (Å²) in [6.07, 6.45) is 2.59. The summed E-state index contributed by atoms with van der Waals surface area (Å²) in [6.45, 7) is 3.97. The molecule has 130 valence electrons. The van der Waals surface area contributed by atoms with Crippen LogP contribution < -0.4 is 14.8 Å². The molecule has 0 aliphatic rings. The van der Waals surface area contributed by atoms with Crippen LogP contribution in [0.4, 0.5) is 5.69 Å². The third kappa shape index (κ3) is 3.15. The van der Waals surface area contributed by atoms with Crippen molar-refractivity contribution in [2.45, 2.75) is 20.3 Å². The van der Waals surface area contributed by atoms with Gasteiger partial charge >= 0.3 is 0 Å². The van der Waals surface area contributed by atoms with Crippen molar-refractivity contribution in [1.29, 1.82) is 0 Å². The fourth-order valence-corrected chi connectivity index (χ4v) is 2.77. The molecule has 2 aromatic heterocycles. The molecule has 3 aromatic rings. The summed E-state index contributed by atoms with van der Waals surface area (Å²) in [5.41, 5.74) is 3.70. The SMILES string of the molecule is CCc1nc2ccc(C)cn2c1C(=O)Nc1ccc(OC)cc1OC. The second kappa shape index (κ2) is 6.84. The predicted octanol–water partition coefficient (Wildman–Crippen LogP) is 3.47. The number of ether oxygens (including phenoxy) is 2. The molecule has 0 saturated carbocycles. The average molecular weight is 339 g/mol. The predicted molar refractivity (Wildman–Crippen MR) is 96.8 cm³/mol. The van der Waals surface area contributed by atoms with E-state index in [-0.39, 0.29) is 5.91 Å². The Labute approximate surface area is 146 Å². The van der Waals surface area contributed by atoms with Crippen molar-refractivity contribution in [3.8, 4) is 11.5 Å². The van der Waals surface area contributed by atoms with Gasteiger partial charge in [0.1, 0.15) is 22.8 Å². The Hall–Kier alpha value is -3.02. The number of nitrogens with one attached hydrogen (secondary N) is 1. The van der Waals surface area contributed by atoms with Crippen LogP contribution in [0, 0.1) is 6.92 Å². The monoisotopic (exact) mass is 339 g/mol. The highest BCUT2D eigenvalue weighted by molar-refractivity contribution is 6.05. The van der Waals surface area contributed by atoms with E-state index in [0.29, 0.717) is 29.3 Å². The van der Waals surface area contributed by atoms with E-state index in [1.54, 1.807) is 32.4 Å². The number of fused-ring (bicyclic) bond motifs is 1. The Bertz CT molecular complexity index is 931. The van der Waals surface area contributed by atoms with Crippen molar-refractivity contribution in [3.63, 3.8) is 0 Å². The first kappa shape index (κ1) is 16.8. The van der Waals surface area contributed by atoms with Crippen molar-refractivity contribution in [2.24, 2.45) is 0 Å². The van der Waals surface area contributed by atoms with Gasteiger partial charge in [0.15, 0.2) is 0 Å². The number of carbonyl (C=O) groups excluding carboxylic acids is 1. The molecule has 0 aliphatic heterocycles. The number of carbonyl (C=O) groups is 1. The molecule has 0 spiro atoms. The van der Waals surface area contributed by atoms with Gasteiger partial charge in [-0.1, -0.05) is 13.0 Å². The second-order valence-electron chi connectivity index (χ2n) is 5.72. The molecule has 0 aliphatic carbocycles. The molecule has 0 bridgehead atoms. The third-order valence-electron chi connectivity index (χ3n) is 4.05. The zero-order chi connectivity index (χ0) is 18.0. The molecule has 1 aromatic carbocycles. The number of nitrogens with zero attached hydrogens (tertiary/aromatic N) is 2. The first-order chi connectivity index (χ1) is 12.1. The normalized spacial score (nSPS) is 10.7. The Morgan fingerprint density at radius 1 is 1.20 bits per heavy atom. The quantitative estimate of drug-likeness (QED) is 0.773. The second-order valence-corrected chi connectivity index (χ2v) is 5.72. The van der Waals surface area contributed by atoms with Gasteiger partial charge in [0.2, 0.25) is 0 Å². The van der Waals surface area contributed by atoms with Gasteiger partial charge in [-0.15, -0.1) is 0 Å². The molecule has 3 rings (SSSR count). The van der Waals surface area contributed by atoms with Gasteiger partial charge < -0.3 is 14.8 Å². The van der Waals surface area contributed by atoms with Gasteiger partial charge in [0.05, 0.1) is 25.6 Å². The van der Waals surface area contributed by atoms with Crippen LogP contribution in [0.25, 0.3) is 5.65 Å². The van der Waals surface area contributed by atoms with E-state index in [2.05, 4.69) is 10.3 Å². The Morgan fingerprint density at radius 3 is 2.68 bits per heavy atom. The van der Waals surface area contributed by atoms with Crippen LogP contribution in [-0.4, -0.2) is 29.5 Å². The minimum absolute atomic E-state index is 0.224. The lowest BCUT2D eigenvalue weighted by molar-refractivity contribution is 0.102. The lowest BCUT2D eigenvalue weighted by Gasteiger charge is -2.12. The molecule has 0 radical (unpaired) electrons. The van der Waals surface area contributed by atoms with Gasteiger partial charge in [-0.2, -0.15) is 0 Å². The number of benzene rings is 1. The first-order valence-corrected chi connectivity index (χ1v) is 8.08. The molecule has 6 nitrogen and oxygen atoms in total. The third-order valence-corrected chi connectivity index (χ3v) is 4.05. The Morgan fingerprint density at radius 2 is 2.00 bits per heavy atom. The van der Waals surface area contributed by atoms with E-state index in [1.165, 1.54) is 0 Å². The molecule has 1 N–H and O–H groups in total. The highest BCUT2D eigenvalue weighted by atomic mass is 16.5. The molecule has 0 fully saturated rings. The largest absolute Gasteiger partial charge is 0.497 e. The smallest absolute Gasteiger partial charge is 0.274 e. The van der Waals surface area contributed by atoms with Crippen LogP contribution in [0.5, 0.6) is 11.5 Å². The summed E-state index contributed by atoms with van der Waals surface area (Å²) in [4.78, 5) is 17.5. The van der Waals surface area contributed by atoms with Crippen LogP contribution in [-0.2, 0) is 6.42 Å². The van der Waals surface area contributed by atoms with Crippen LogP contribution in [0.2, 0.25) is 0 Å². The molecule has 0 atom stereocenters. The van der Waals surface area contributed by atoms with Crippen molar-refractivity contribution < 1.29 is 14.3 Å². The number of anilines is 1. The molecule has 6 heteroatoms. The van der Waals surface area contributed by atoms with Gasteiger partial charge in [-0.3, -0.25) is 9.20 Å². The number of aryl methyl sites for hydroxylation is 2. The maximum absolute atomic E-state index is 12.9. The number of rotatable bonds is 5. The van der Waals surface area contributed by atoms with Gasteiger partial charge in [-0.25, -0.2) is 4.98 Å². The van der Waals surface area contributed by atoms with E-state index in [4.69, 9.17) is 9.47 Å². The molecule has 0 unspecified atom stereocenters. The summed E-state index contributed by atoms with van der Waals surface area (Å²) >= 11 is 0.